The number of fused-ring (bicyclic) bond motifs is 1. The molecular formula is C14H9ClO2S. The van der Waals surface area contributed by atoms with Crippen molar-refractivity contribution in [3.63, 3.8) is 0 Å². The highest BCUT2D eigenvalue weighted by Crippen LogP contribution is 2.38. The Labute approximate surface area is 110 Å². The lowest BCUT2D eigenvalue weighted by molar-refractivity contribution is 0.606. The fourth-order valence-electron chi connectivity index (χ4n) is 2.03. The van der Waals surface area contributed by atoms with E-state index >= 15 is 0 Å². The van der Waals surface area contributed by atoms with E-state index in [9.17, 15) is 8.42 Å². The maximum atomic E-state index is 12.4. The van der Waals surface area contributed by atoms with Crippen molar-refractivity contribution in [1.29, 1.82) is 0 Å². The summed E-state index contributed by atoms with van der Waals surface area (Å²) in [4.78, 5) is 0.704. The van der Waals surface area contributed by atoms with Crippen LogP contribution in [-0.4, -0.2) is 8.42 Å². The molecule has 3 rings (SSSR count). The van der Waals surface area contributed by atoms with Gasteiger partial charge in [-0.15, -0.1) is 0 Å². The molecule has 0 fully saturated rings. The fourth-order valence-corrected chi connectivity index (χ4v) is 3.82. The van der Waals surface area contributed by atoms with Crippen LogP contribution in [0.15, 0.2) is 53.4 Å². The quantitative estimate of drug-likeness (QED) is 0.797. The van der Waals surface area contributed by atoms with Gasteiger partial charge in [-0.05, 0) is 35.4 Å². The predicted molar refractivity (Wildman–Crippen MR) is 73.0 cm³/mol. The lowest BCUT2D eigenvalue weighted by atomic mass is 10.1. The van der Waals surface area contributed by atoms with Crippen LogP contribution in [0.2, 0.25) is 5.02 Å². The topological polar surface area (TPSA) is 34.1 Å². The van der Waals surface area contributed by atoms with E-state index in [1.807, 2.05) is 6.07 Å². The summed E-state index contributed by atoms with van der Waals surface area (Å²) in [5.74, 6) is 0. The minimum atomic E-state index is -3.39. The number of benzene rings is 2. The van der Waals surface area contributed by atoms with Gasteiger partial charge >= 0.3 is 0 Å². The van der Waals surface area contributed by atoms with Gasteiger partial charge in [0.25, 0.3) is 0 Å². The van der Waals surface area contributed by atoms with Crippen molar-refractivity contribution < 1.29 is 8.42 Å². The molecule has 0 saturated heterocycles. The van der Waals surface area contributed by atoms with Crippen molar-refractivity contribution in [2.45, 2.75) is 4.90 Å². The fraction of sp³-hybridized carbons (Fsp3) is 0. The third-order valence-corrected chi connectivity index (χ3v) is 5.05. The second-order valence-electron chi connectivity index (χ2n) is 4.06. The first-order valence-electron chi connectivity index (χ1n) is 5.41. The van der Waals surface area contributed by atoms with E-state index in [0.717, 1.165) is 5.56 Å². The second kappa shape index (κ2) is 3.97. The Kier molecular flexibility index (Phi) is 2.54. The zero-order chi connectivity index (χ0) is 12.8. The third-order valence-electron chi connectivity index (χ3n) is 2.91. The van der Waals surface area contributed by atoms with E-state index in [4.69, 9.17) is 11.6 Å². The summed E-state index contributed by atoms with van der Waals surface area (Å²) in [6.45, 7) is 0. The molecule has 0 unspecified atom stereocenters. The minimum absolute atomic E-state index is 0.334. The predicted octanol–water partition coefficient (Wildman–Crippen LogP) is 3.63. The molecule has 0 atom stereocenters. The largest absolute Gasteiger partial charge is 0.218 e. The van der Waals surface area contributed by atoms with Crippen LogP contribution in [0.3, 0.4) is 0 Å². The van der Waals surface area contributed by atoms with Gasteiger partial charge in [-0.1, -0.05) is 41.9 Å². The molecule has 0 aromatic heterocycles. The minimum Gasteiger partial charge on any atom is -0.218 e. The molecule has 2 aromatic carbocycles. The molecule has 0 saturated carbocycles. The van der Waals surface area contributed by atoms with Crippen LogP contribution in [0.25, 0.3) is 11.0 Å². The van der Waals surface area contributed by atoms with Crippen LogP contribution in [0, 0.1) is 0 Å². The van der Waals surface area contributed by atoms with Crippen molar-refractivity contribution in [2.75, 3.05) is 0 Å². The van der Waals surface area contributed by atoms with Crippen molar-refractivity contribution >= 4 is 32.4 Å². The van der Waals surface area contributed by atoms with E-state index in [-0.39, 0.29) is 0 Å². The molecule has 1 aliphatic heterocycles. The molecule has 4 heteroatoms. The molecule has 0 bridgehead atoms. The van der Waals surface area contributed by atoms with Crippen LogP contribution < -0.4 is 0 Å². The van der Waals surface area contributed by atoms with Crippen LogP contribution in [-0.2, 0) is 9.84 Å². The molecule has 0 spiro atoms. The van der Waals surface area contributed by atoms with Crippen molar-refractivity contribution in [3.05, 3.63) is 64.7 Å². The van der Waals surface area contributed by atoms with E-state index in [1.165, 1.54) is 0 Å². The average Bonchev–Trinajstić information content (AvgIpc) is 2.63. The van der Waals surface area contributed by atoms with Crippen LogP contribution in [0.4, 0.5) is 0 Å². The summed E-state index contributed by atoms with van der Waals surface area (Å²) in [6, 6.07) is 13.8. The molecule has 18 heavy (non-hydrogen) atoms. The molecule has 0 radical (unpaired) electrons. The molecule has 2 nitrogen and oxygen atoms in total. The van der Waals surface area contributed by atoms with Crippen molar-refractivity contribution in [3.8, 4) is 0 Å². The molecular weight excluding hydrogens is 268 g/mol. The number of sulfone groups is 1. The molecule has 0 N–H and O–H groups in total. The van der Waals surface area contributed by atoms with Gasteiger partial charge in [0.1, 0.15) is 0 Å². The standard InChI is InChI=1S/C14H9ClO2S/c15-12-7-5-10(6-8-12)14-9-11-3-1-2-4-13(11)18(14,16)17/h1-9H. The summed E-state index contributed by atoms with van der Waals surface area (Å²) in [6.07, 6.45) is 1.70. The monoisotopic (exact) mass is 276 g/mol. The van der Waals surface area contributed by atoms with Gasteiger partial charge in [0.15, 0.2) is 0 Å². The summed E-state index contributed by atoms with van der Waals surface area (Å²) in [5.41, 5.74) is 1.40. The molecule has 90 valence electrons. The van der Waals surface area contributed by atoms with E-state index in [2.05, 4.69) is 0 Å². The Morgan fingerprint density at radius 2 is 1.56 bits per heavy atom. The molecule has 0 amide bonds. The number of rotatable bonds is 1. The van der Waals surface area contributed by atoms with E-state index in [1.54, 1.807) is 48.5 Å². The van der Waals surface area contributed by atoms with Gasteiger partial charge < -0.3 is 0 Å². The zero-order valence-electron chi connectivity index (χ0n) is 9.30. The van der Waals surface area contributed by atoms with Crippen molar-refractivity contribution in [2.24, 2.45) is 0 Å². The lowest BCUT2D eigenvalue weighted by Gasteiger charge is -2.03. The number of hydrogen-bond donors (Lipinski definition) is 0. The maximum absolute atomic E-state index is 12.4. The summed E-state index contributed by atoms with van der Waals surface area (Å²) >= 11 is 5.81. The van der Waals surface area contributed by atoms with Crippen LogP contribution in [0.5, 0.6) is 0 Å². The summed E-state index contributed by atoms with van der Waals surface area (Å²) in [5, 5.41) is 0.590. The van der Waals surface area contributed by atoms with E-state index < -0.39 is 9.84 Å². The number of halogens is 1. The zero-order valence-corrected chi connectivity index (χ0v) is 10.9. The maximum Gasteiger partial charge on any atom is 0.207 e. The highest BCUT2D eigenvalue weighted by Gasteiger charge is 2.29. The normalized spacial score (nSPS) is 16.2. The molecule has 2 aromatic rings. The Morgan fingerprint density at radius 3 is 2.22 bits per heavy atom. The van der Waals surface area contributed by atoms with Gasteiger partial charge in [-0.25, -0.2) is 8.42 Å². The van der Waals surface area contributed by atoms with Gasteiger partial charge in [-0.2, -0.15) is 0 Å². The first-order valence-corrected chi connectivity index (χ1v) is 7.27. The van der Waals surface area contributed by atoms with Crippen LogP contribution in [0.1, 0.15) is 11.1 Å². The Morgan fingerprint density at radius 1 is 0.889 bits per heavy atom. The first kappa shape index (κ1) is 11.5. The Bertz CT molecular complexity index is 744. The molecule has 1 aliphatic rings. The average molecular weight is 277 g/mol. The smallest absolute Gasteiger partial charge is 0.207 e. The van der Waals surface area contributed by atoms with Crippen molar-refractivity contribution in [1.82, 2.24) is 0 Å². The van der Waals surface area contributed by atoms with Gasteiger partial charge in [-0.3, -0.25) is 0 Å². The van der Waals surface area contributed by atoms with Crippen LogP contribution >= 0.6 is 11.6 Å². The molecule has 0 aliphatic carbocycles. The third kappa shape index (κ3) is 1.67. The number of hydrogen-bond acceptors (Lipinski definition) is 2. The summed E-state index contributed by atoms with van der Waals surface area (Å²) < 4.78 is 24.7. The van der Waals surface area contributed by atoms with Gasteiger partial charge in [0.05, 0.1) is 9.80 Å². The first-order chi connectivity index (χ1) is 8.59. The highest BCUT2D eigenvalue weighted by atomic mass is 35.5. The highest BCUT2D eigenvalue weighted by molar-refractivity contribution is 8.01. The SMILES string of the molecule is O=S1(=O)C(c2ccc(Cl)cc2)=Cc2ccccc21. The van der Waals surface area contributed by atoms with Gasteiger partial charge in [0.2, 0.25) is 9.84 Å². The lowest BCUT2D eigenvalue weighted by Crippen LogP contribution is -1.99. The van der Waals surface area contributed by atoms with E-state index in [0.29, 0.717) is 20.4 Å². The Hall–Kier alpha value is -1.58. The molecule has 1 heterocycles. The Balaban J connectivity index is 2.20. The van der Waals surface area contributed by atoms with Gasteiger partial charge in [0, 0.05) is 5.02 Å². The summed E-state index contributed by atoms with van der Waals surface area (Å²) in [7, 11) is -3.39. The second-order valence-corrected chi connectivity index (χ2v) is 6.38.